The molecule has 0 saturated heterocycles. The molecule has 0 heterocycles. The summed E-state index contributed by atoms with van der Waals surface area (Å²) in [7, 11) is 3.74. The summed E-state index contributed by atoms with van der Waals surface area (Å²) in [5.74, 6) is -0.830. The highest BCUT2D eigenvalue weighted by molar-refractivity contribution is 6.33. The molecule has 0 fully saturated rings. The van der Waals surface area contributed by atoms with E-state index in [1.165, 1.54) is 18.2 Å². The zero-order valence-corrected chi connectivity index (χ0v) is 13.6. The van der Waals surface area contributed by atoms with E-state index in [4.69, 9.17) is 11.6 Å². The van der Waals surface area contributed by atoms with Gasteiger partial charge >= 0.3 is 0 Å². The summed E-state index contributed by atoms with van der Waals surface area (Å²) in [4.78, 5) is 13.9. The van der Waals surface area contributed by atoms with Gasteiger partial charge in [0.15, 0.2) is 0 Å². The molecule has 0 saturated carbocycles. The van der Waals surface area contributed by atoms with Gasteiger partial charge in [-0.2, -0.15) is 0 Å². The lowest BCUT2D eigenvalue weighted by molar-refractivity contribution is -0.118. The molecule has 1 atom stereocenters. The van der Waals surface area contributed by atoms with Crippen LogP contribution in [0.5, 0.6) is 0 Å². The van der Waals surface area contributed by atoms with Crippen molar-refractivity contribution in [1.82, 2.24) is 0 Å². The number of carbonyl (C=O) groups is 1. The molecule has 2 aromatic rings. The number of hydrogen-bond acceptors (Lipinski definition) is 3. The minimum Gasteiger partial charge on any atom is -0.388 e. The number of nitrogens with one attached hydrogen (secondary N) is 1. The Kier molecular flexibility index (Phi) is 5.58. The standard InChI is InChI=1S/C17H18ClFN2O2/c1-21(2)15-7-6-13(9-14(15)18)20-17(23)10-16(22)11-4-3-5-12(19)8-11/h3-9,16,22H,10H2,1-2H3,(H,20,23). The van der Waals surface area contributed by atoms with E-state index >= 15 is 0 Å². The van der Waals surface area contributed by atoms with Crippen LogP contribution in [0.2, 0.25) is 5.02 Å². The van der Waals surface area contributed by atoms with Crippen molar-refractivity contribution in [2.45, 2.75) is 12.5 Å². The van der Waals surface area contributed by atoms with Gasteiger partial charge in [-0.05, 0) is 35.9 Å². The van der Waals surface area contributed by atoms with Gasteiger partial charge in [0.2, 0.25) is 5.91 Å². The molecule has 0 aliphatic rings. The lowest BCUT2D eigenvalue weighted by Gasteiger charge is -2.16. The third-order valence-corrected chi connectivity index (χ3v) is 3.63. The fourth-order valence-electron chi connectivity index (χ4n) is 2.17. The lowest BCUT2D eigenvalue weighted by Crippen LogP contribution is -2.16. The second-order valence-electron chi connectivity index (χ2n) is 5.38. The third-order valence-electron chi connectivity index (χ3n) is 3.33. The molecule has 6 heteroatoms. The van der Waals surface area contributed by atoms with Crippen molar-refractivity contribution in [2.24, 2.45) is 0 Å². The van der Waals surface area contributed by atoms with Gasteiger partial charge in [-0.25, -0.2) is 4.39 Å². The Bertz CT molecular complexity index is 707. The van der Waals surface area contributed by atoms with Crippen LogP contribution in [0.4, 0.5) is 15.8 Å². The molecule has 0 aliphatic heterocycles. The quantitative estimate of drug-likeness (QED) is 0.877. The third kappa shape index (κ3) is 4.68. The Hall–Kier alpha value is -2.11. The van der Waals surface area contributed by atoms with Crippen molar-refractivity contribution < 1.29 is 14.3 Å². The summed E-state index contributed by atoms with van der Waals surface area (Å²) < 4.78 is 13.1. The molecule has 1 unspecified atom stereocenters. The van der Waals surface area contributed by atoms with E-state index in [2.05, 4.69) is 5.32 Å². The summed E-state index contributed by atoms with van der Waals surface area (Å²) in [6.07, 6.45) is -1.24. The molecule has 2 rings (SSSR count). The maximum Gasteiger partial charge on any atom is 0.227 e. The number of hydrogen-bond donors (Lipinski definition) is 2. The Balaban J connectivity index is 2.01. The molecule has 23 heavy (non-hydrogen) atoms. The van der Waals surface area contributed by atoms with Gasteiger partial charge in [0.1, 0.15) is 5.82 Å². The molecule has 122 valence electrons. The van der Waals surface area contributed by atoms with E-state index in [0.717, 1.165) is 5.69 Å². The van der Waals surface area contributed by atoms with E-state index in [-0.39, 0.29) is 12.3 Å². The minimum absolute atomic E-state index is 0.170. The molecule has 4 nitrogen and oxygen atoms in total. The normalized spacial score (nSPS) is 11.9. The first-order valence-electron chi connectivity index (χ1n) is 7.07. The maximum atomic E-state index is 13.1. The predicted molar refractivity (Wildman–Crippen MR) is 90.4 cm³/mol. The summed E-state index contributed by atoms with van der Waals surface area (Å²) in [6.45, 7) is 0. The Labute approximate surface area is 139 Å². The van der Waals surface area contributed by atoms with Crippen LogP contribution in [0.15, 0.2) is 42.5 Å². The fraction of sp³-hybridized carbons (Fsp3) is 0.235. The van der Waals surface area contributed by atoms with Crippen LogP contribution in [0, 0.1) is 5.82 Å². The van der Waals surface area contributed by atoms with Crippen LogP contribution in [0.1, 0.15) is 18.1 Å². The van der Waals surface area contributed by atoms with E-state index < -0.39 is 11.9 Å². The topological polar surface area (TPSA) is 52.6 Å². The van der Waals surface area contributed by atoms with E-state index in [0.29, 0.717) is 16.3 Å². The largest absolute Gasteiger partial charge is 0.388 e. The number of benzene rings is 2. The second kappa shape index (κ2) is 7.44. The Morgan fingerprint density at radius 1 is 1.30 bits per heavy atom. The summed E-state index contributed by atoms with van der Waals surface area (Å²) in [5.41, 5.74) is 1.74. The van der Waals surface area contributed by atoms with Crippen LogP contribution in [0.25, 0.3) is 0 Å². The van der Waals surface area contributed by atoms with Crippen molar-refractivity contribution in [1.29, 1.82) is 0 Å². The van der Waals surface area contributed by atoms with Gasteiger partial charge < -0.3 is 15.3 Å². The number of amides is 1. The first-order valence-corrected chi connectivity index (χ1v) is 7.45. The van der Waals surface area contributed by atoms with Gasteiger partial charge in [-0.3, -0.25) is 4.79 Å². The number of rotatable bonds is 5. The van der Waals surface area contributed by atoms with Gasteiger partial charge in [0, 0.05) is 19.8 Å². The van der Waals surface area contributed by atoms with E-state index in [1.807, 2.05) is 19.0 Å². The number of halogens is 2. The fourth-order valence-corrected chi connectivity index (χ4v) is 2.52. The smallest absolute Gasteiger partial charge is 0.227 e. The molecule has 2 N–H and O–H groups in total. The highest BCUT2D eigenvalue weighted by Gasteiger charge is 2.14. The monoisotopic (exact) mass is 336 g/mol. The van der Waals surface area contributed by atoms with Crippen molar-refractivity contribution in [2.75, 3.05) is 24.3 Å². The summed E-state index contributed by atoms with van der Waals surface area (Å²) in [5, 5.41) is 13.2. The van der Waals surface area contributed by atoms with Gasteiger partial charge in [0.05, 0.1) is 23.2 Å². The van der Waals surface area contributed by atoms with Crippen molar-refractivity contribution in [3.8, 4) is 0 Å². The zero-order chi connectivity index (χ0) is 17.0. The predicted octanol–water partition coefficient (Wildman–Crippen LogP) is 3.61. The Morgan fingerprint density at radius 2 is 2.04 bits per heavy atom. The second-order valence-corrected chi connectivity index (χ2v) is 5.79. The summed E-state index contributed by atoms with van der Waals surface area (Å²) in [6, 6.07) is 10.7. The highest BCUT2D eigenvalue weighted by Crippen LogP contribution is 2.27. The molecule has 1 amide bonds. The van der Waals surface area contributed by atoms with Gasteiger partial charge in [-0.15, -0.1) is 0 Å². The Morgan fingerprint density at radius 3 is 2.65 bits per heavy atom. The van der Waals surface area contributed by atoms with Crippen molar-refractivity contribution >= 4 is 28.9 Å². The highest BCUT2D eigenvalue weighted by atomic mass is 35.5. The van der Waals surface area contributed by atoms with Gasteiger partial charge in [-0.1, -0.05) is 23.7 Å². The minimum atomic E-state index is -1.07. The molecule has 0 aromatic heterocycles. The molecular formula is C17H18ClFN2O2. The SMILES string of the molecule is CN(C)c1ccc(NC(=O)CC(O)c2cccc(F)c2)cc1Cl. The average Bonchev–Trinajstić information content (AvgIpc) is 2.46. The first-order chi connectivity index (χ1) is 10.9. The van der Waals surface area contributed by atoms with Gasteiger partial charge in [0.25, 0.3) is 0 Å². The summed E-state index contributed by atoms with van der Waals surface area (Å²) >= 11 is 6.14. The molecule has 0 bridgehead atoms. The van der Waals surface area contributed by atoms with Crippen LogP contribution in [-0.2, 0) is 4.79 Å². The number of aliphatic hydroxyl groups is 1. The first kappa shape index (κ1) is 17.2. The number of nitrogens with zero attached hydrogens (tertiary/aromatic N) is 1. The van der Waals surface area contributed by atoms with Crippen molar-refractivity contribution in [3.63, 3.8) is 0 Å². The average molecular weight is 337 g/mol. The number of anilines is 2. The number of carbonyl (C=O) groups excluding carboxylic acids is 1. The van der Waals surface area contributed by atoms with Crippen LogP contribution < -0.4 is 10.2 Å². The molecule has 2 aromatic carbocycles. The maximum absolute atomic E-state index is 13.1. The lowest BCUT2D eigenvalue weighted by atomic mass is 10.1. The molecule has 0 spiro atoms. The van der Waals surface area contributed by atoms with Crippen LogP contribution in [-0.4, -0.2) is 25.1 Å². The van der Waals surface area contributed by atoms with Crippen LogP contribution >= 0.6 is 11.6 Å². The van der Waals surface area contributed by atoms with E-state index in [9.17, 15) is 14.3 Å². The van der Waals surface area contributed by atoms with Crippen LogP contribution in [0.3, 0.4) is 0 Å². The number of aliphatic hydroxyl groups excluding tert-OH is 1. The van der Waals surface area contributed by atoms with E-state index in [1.54, 1.807) is 24.3 Å². The molecule has 0 radical (unpaired) electrons. The van der Waals surface area contributed by atoms with Crippen molar-refractivity contribution in [3.05, 3.63) is 58.9 Å². The molecular weight excluding hydrogens is 319 g/mol. The zero-order valence-electron chi connectivity index (χ0n) is 12.9. The molecule has 0 aliphatic carbocycles.